The minimum absolute atomic E-state index is 0.189. The monoisotopic (exact) mass is 381 g/mol. The molecule has 2 saturated heterocycles. The van der Waals surface area contributed by atoms with Crippen molar-refractivity contribution >= 4 is 12.1 Å². The Morgan fingerprint density at radius 2 is 1.78 bits per heavy atom. The van der Waals surface area contributed by atoms with E-state index in [0.29, 0.717) is 12.6 Å². The molecule has 0 radical (unpaired) electrons. The van der Waals surface area contributed by atoms with Crippen LogP contribution in [0.4, 0.5) is 4.79 Å². The molecule has 2 N–H and O–H groups in total. The van der Waals surface area contributed by atoms with Crippen molar-refractivity contribution in [1.29, 1.82) is 0 Å². The van der Waals surface area contributed by atoms with Crippen LogP contribution in [0.2, 0.25) is 0 Å². The maximum atomic E-state index is 11.8. The fraction of sp³-hybridized carbons (Fsp3) is 0.900. The predicted octanol–water partition coefficient (Wildman–Crippen LogP) is 2.28. The van der Waals surface area contributed by atoms with Crippen molar-refractivity contribution in [3.05, 3.63) is 0 Å². The van der Waals surface area contributed by atoms with Crippen molar-refractivity contribution in [2.45, 2.75) is 58.9 Å². The molecule has 1 amide bonds. The van der Waals surface area contributed by atoms with Gasteiger partial charge in [0.2, 0.25) is 0 Å². The van der Waals surface area contributed by atoms with Gasteiger partial charge in [0.05, 0.1) is 6.61 Å². The van der Waals surface area contributed by atoms with E-state index in [9.17, 15) is 4.79 Å². The quantitative estimate of drug-likeness (QED) is 0.523. The second-order valence-electron chi connectivity index (χ2n) is 7.53. The highest BCUT2D eigenvalue weighted by Crippen LogP contribution is 2.20. The summed E-state index contributed by atoms with van der Waals surface area (Å²) in [5.74, 6) is 1.73. The highest BCUT2D eigenvalue weighted by atomic mass is 16.6. The van der Waals surface area contributed by atoms with Crippen LogP contribution in [0.25, 0.3) is 0 Å². The fourth-order valence-electron chi connectivity index (χ4n) is 3.88. The van der Waals surface area contributed by atoms with Crippen molar-refractivity contribution in [3.8, 4) is 0 Å². The first-order valence-electron chi connectivity index (χ1n) is 10.8. The van der Waals surface area contributed by atoms with Gasteiger partial charge in [-0.3, -0.25) is 4.99 Å². The number of hydrogen-bond acceptors (Lipinski definition) is 4. The molecule has 27 heavy (non-hydrogen) atoms. The van der Waals surface area contributed by atoms with Crippen LogP contribution in [0.3, 0.4) is 0 Å². The maximum absolute atomic E-state index is 11.8. The Bertz CT molecular complexity index is 455. The molecule has 0 aromatic carbocycles. The van der Waals surface area contributed by atoms with Gasteiger partial charge in [-0.1, -0.05) is 6.92 Å². The summed E-state index contributed by atoms with van der Waals surface area (Å²) in [5.41, 5.74) is 0. The summed E-state index contributed by atoms with van der Waals surface area (Å²) in [5, 5.41) is 6.92. The molecule has 0 aromatic heterocycles. The Morgan fingerprint density at radius 1 is 1.07 bits per heavy atom. The number of aliphatic imine (C=N–C) groups is 1. The molecule has 2 aliphatic heterocycles. The van der Waals surface area contributed by atoms with E-state index >= 15 is 0 Å². The van der Waals surface area contributed by atoms with E-state index in [1.165, 1.54) is 38.9 Å². The topological polar surface area (TPSA) is 69.2 Å². The van der Waals surface area contributed by atoms with Gasteiger partial charge in [0.15, 0.2) is 5.96 Å². The fourth-order valence-corrected chi connectivity index (χ4v) is 3.88. The molecule has 0 aromatic rings. The van der Waals surface area contributed by atoms with Crippen LogP contribution in [-0.4, -0.2) is 80.3 Å². The molecular weight excluding hydrogens is 342 g/mol. The zero-order chi connectivity index (χ0) is 19.5. The molecule has 0 unspecified atom stereocenters. The zero-order valence-corrected chi connectivity index (χ0v) is 17.5. The SMILES string of the molecule is CCNC(=NCCC1CCN(CC)CC1)NC1CCN(C(=O)OCC)CC1. The molecule has 7 heteroatoms. The van der Waals surface area contributed by atoms with E-state index in [1.54, 1.807) is 4.90 Å². The van der Waals surface area contributed by atoms with E-state index in [1.807, 2.05) is 6.92 Å². The van der Waals surface area contributed by atoms with Crippen molar-refractivity contribution in [2.24, 2.45) is 10.9 Å². The average molecular weight is 382 g/mol. The molecule has 2 heterocycles. The van der Waals surface area contributed by atoms with E-state index < -0.39 is 0 Å². The van der Waals surface area contributed by atoms with E-state index in [-0.39, 0.29) is 6.09 Å². The highest BCUT2D eigenvalue weighted by molar-refractivity contribution is 5.80. The summed E-state index contributed by atoms with van der Waals surface area (Å²) in [6, 6.07) is 0.362. The van der Waals surface area contributed by atoms with Crippen LogP contribution in [0, 0.1) is 5.92 Å². The number of likely N-dealkylation sites (tertiary alicyclic amines) is 2. The summed E-state index contributed by atoms with van der Waals surface area (Å²) in [4.78, 5) is 20.9. The second-order valence-corrected chi connectivity index (χ2v) is 7.53. The summed E-state index contributed by atoms with van der Waals surface area (Å²) >= 11 is 0. The first-order valence-corrected chi connectivity index (χ1v) is 10.8. The van der Waals surface area contributed by atoms with Crippen molar-refractivity contribution in [1.82, 2.24) is 20.4 Å². The summed E-state index contributed by atoms with van der Waals surface area (Å²) in [6.07, 6.45) is 5.46. The zero-order valence-electron chi connectivity index (χ0n) is 17.5. The lowest BCUT2D eigenvalue weighted by atomic mass is 9.94. The summed E-state index contributed by atoms with van der Waals surface area (Å²) in [7, 11) is 0. The number of nitrogens with zero attached hydrogens (tertiary/aromatic N) is 3. The maximum Gasteiger partial charge on any atom is 0.409 e. The van der Waals surface area contributed by atoms with Gasteiger partial charge in [0, 0.05) is 32.2 Å². The molecular formula is C20H39N5O2. The van der Waals surface area contributed by atoms with E-state index in [0.717, 1.165) is 50.9 Å². The number of ether oxygens (including phenoxy) is 1. The Hall–Kier alpha value is -1.50. The van der Waals surface area contributed by atoms with Gasteiger partial charge in [0.1, 0.15) is 0 Å². The number of amides is 1. The summed E-state index contributed by atoms with van der Waals surface area (Å²) in [6.45, 7) is 13.5. The predicted molar refractivity (Wildman–Crippen MR) is 110 cm³/mol. The number of carbonyl (C=O) groups is 1. The van der Waals surface area contributed by atoms with Gasteiger partial charge in [-0.05, 0) is 71.5 Å². The third kappa shape index (κ3) is 7.56. The average Bonchev–Trinajstić information content (AvgIpc) is 2.69. The van der Waals surface area contributed by atoms with Crippen molar-refractivity contribution in [2.75, 3.05) is 52.4 Å². The number of carbonyl (C=O) groups excluding carboxylic acids is 1. The number of rotatable bonds is 7. The minimum atomic E-state index is -0.189. The van der Waals surface area contributed by atoms with E-state index in [2.05, 4.69) is 29.4 Å². The first-order chi connectivity index (χ1) is 13.2. The van der Waals surface area contributed by atoms with Gasteiger partial charge in [-0.2, -0.15) is 0 Å². The van der Waals surface area contributed by atoms with Crippen molar-refractivity contribution in [3.63, 3.8) is 0 Å². The molecule has 0 saturated carbocycles. The van der Waals surface area contributed by atoms with Crippen LogP contribution in [-0.2, 0) is 4.74 Å². The third-order valence-corrected chi connectivity index (χ3v) is 5.67. The largest absolute Gasteiger partial charge is 0.450 e. The van der Waals surface area contributed by atoms with Crippen LogP contribution < -0.4 is 10.6 Å². The molecule has 0 bridgehead atoms. The van der Waals surface area contributed by atoms with Gasteiger partial charge in [0.25, 0.3) is 0 Å². The smallest absolute Gasteiger partial charge is 0.409 e. The molecule has 156 valence electrons. The lowest BCUT2D eigenvalue weighted by Gasteiger charge is -2.32. The van der Waals surface area contributed by atoms with Crippen LogP contribution in [0.5, 0.6) is 0 Å². The second kappa shape index (κ2) is 12.1. The molecule has 0 aliphatic carbocycles. The van der Waals surface area contributed by atoms with E-state index in [4.69, 9.17) is 9.73 Å². The number of guanidine groups is 1. The van der Waals surface area contributed by atoms with Gasteiger partial charge in [-0.15, -0.1) is 0 Å². The van der Waals surface area contributed by atoms with Crippen molar-refractivity contribution < 1.29 is 9.53 Å². The normalized spacial score (nSPS) is 20.6. The van der Waals surface area contributed by atoms with Crippen LogP contribution in [0.1, 0.15) is 52.9 Å². The number of hydrogen-bond donors (Lipinski definition) is 2. The lowest BCUT2D eigenvalue weighted by molar-refractivity contribution is 0.0963. The van der Waals surface area contributed by atoms with Gasteiger partial charge >= 0.3 is 6.09 Å². The Morgan fingerprint density at radius 3 is 2.37 bits per heavy atom. The van der Waals surface area contributed by atoms with Crippen LogP contribution in [0.15, 0.2) is 4.99 Å². The highest BCUT2D eigenvalue weighted by Gasteiger charge is 2.24. The summed E-state index contributed by atoms with van der Waals surface area (Å²) < 4.78 is 5.09. The van der Waals surface area contributed by atoms with Gasteiger partial charge < -0.3 is 25.2 Å². The Balaban J connectivity index is 1.71. The first kappa shape index (κ1) is 21.8. The number of piperidine rings is 2. The molecule has 0 spiro atoms. The third-order valence-electron chi connectivity index (χ3n) is 5.67. The molecule has 2 rings (SSSR count). The molecule has 2 aliphatic rings. The molecule has 7 nitrogen and oxygen atoms in total. The minimum Gasteiger partial charge on any atom is -0.450 e. The Kier molecular flexibility index (Phi) is 9.73. The molecule has 0 atom stereocenters. The standard InChI is InChI=1S/C20H39N5O2/c1-4-21-19(22-12-7-17-8-13-24(5-2)14-9-17)23-18-10-15-25(16-11-18)20(26)27-6-3/h17-18H,4-16H2,1-3H3,(H2,21,22,23). The van der Waals surface area contributed by atoms with Gasteiger partial charge in [-0.25, -0.2) is 4.79 Å². The Labute approximate surface area is 164 Å². The number of nitrogens with one attached hydrogen (secondary N) is 2. The lowest BCUT2D eigenvalue weighted by Crippen LogP contribution is -2.50. The van der Waals surface area contributed by atoms with Crippen LogP contribution >= 0.6 is 0 Å². The molecule has 2 fully saturated rings.